The van der Waals surface area contributed by atoms with Crippen LogP contribution in [-0.4, -0.2) is 25.9 Å². The van der Waals surface area contributed by atoms with Gasteiger partial charge in [0.05, 0.1) is 4.90 Å². The van der Waals surface area contributed by atoms with Crippen molar-refractivity contribution >= 4 is 10.0 Å². The molecule has 1 aliphatic rings. The first-order chi connectivity index (χ1) is 10.7. The molecule has 1 aromatic carbocycles. The monoisotopic (exact) mass is 339 g/mol. The molecule has 1 aromatic rings. The fraction of sp³-hybridized carbons (Fsp3) is 0.647. The van der Waals surface area contributed by atoms with Crippen LogP contribution in [0.1, 0.15) is 76.0 Å². The minimum atomic E-state index is -3.57. The molecule has 1 heterocycles. The van der Waals surface area contributed by atoms with Crippen molar-refractivity contribution in [1.29, 1.82) is 0 Å². The topological polar surface area (TPSA) is 61.4 Å². The molecule has 2 rings (SSSR count). The second kappa shape index (κ2) is 6.89. The van der Waals surface area contributed by atoms with Gasteiger partial charge in [0.1, 0.15) is 0 Å². The maximum atomic E-state index is 13.2. The van der Waals surface area contributed by atoms with Crippen LogP contribution in [0.3, 0.4) is 0 Å². The Morgan fingerprint density at radius 2 is 1.48 bits per heavy atom. The van der Waals surface area contributed by atoms with Gasteiger partial charge in [0, 0.05) is 13.1 Å². The summed E-state index contributed by atoms with van der Waals surface area (Å²) in [7, 11) is -3.57. The summed E-state index contributed by atoms with van der Waals surface area (Å²) in [6.45, 7) is 13.5. The molecule has 0 saturated carbocycles. The summed E-state index contributed by atoms with van der Waals surface area (Å²) < 4.78 is 27.7. The Morgan fingerprint density at radius 3 is 1.83 bits per heavy atom. The summed E-state index contributed by atoms with van der Waals surface area (Å²) in [6.07, 6.45) is 0. The van der Waals surface area contributed by atoms with Crippen LogP contribution in [-0.2, 0) is 10.0 Å². The number of nitrogens with zero attached hydrogens (tertiary/aromatic N) is 1. The number of sulfonamides is 1. The third-order valence-electron chi connectivity index (χ3n) is 4.27. The molecule has 1 saturated heterocycles. The lowest BCUT2D eigenvalue weighted by Gasteiger charge is -2.25. The predicted molar refractivity (Wildman–Crippen MR) is 93.7 cm³/mol. The SMILES string of the molecule is CC(C)c1cc(C(C)C)c(S(=O)(=O)N2CCNN2)c(C(C)C)c1. The summed E-state index contributed by atoms with van der Waals surface area (Å²) in [5.41, 5.74) is 8.65. The Bertz CT molecular complexity index is 631. The van der Waals surface area contributed by atoms with Crippen molar-refractivity contribution in [3.05, 3.63) is 28.8 Å². The molecule has 1 fully saturated rings. The molecule has 23 heavy (non-hydrogen) atoms. The minimum Gasteiger partial charge on any atom is -0.242 e. The van der Waals surface area contributed by atoms with Crippen LogP contribution in [0.2, 0.25) is 0 Å². The fourth-order valence-electron chi connectivity index (χ4n) is 2.84. The van der Waals surface area contributed by atoms with Gasteiger partial charge in [-0.05, 0) is 34.4 Å². The smallest absolute Gasteiger partial charge is 0.242 e. The lowest BCUT2D eigenvalue weighted by molar-refractivity contribution is 0.369. The average Bonchev–Trinajstić information content (AvgIpc) is 3.00. The van der Waals surface area contributed by atoms with Gasteiger partial charge in [-0.25, -0.2) is 13.8 Å². The standard InChI is InChI=1S/C17H29N3O2S/c1-11(2)14-9-15(12(3)4)17(16(10-14)13(5)6)23(21,22)20-8-7-18-19-20/h9-13,18-19H,7-8H2,1-6H3. The molecule has 130 valence electrons. The van der Waals surface area contributed by atoms with Gasteiger partial charge in [-0.3, -0.25) is 0 Å². The summed E-state index contributed by atoms with van der Waals surface area (Å²) in [6, 6.07) is 4.13. The second-order valence-electron chi connectivity index (χ2n) is 7.11. The average molecular weight is 340 g/mol. The fourth-order valence-corrected chi connectivity index (χ4v) is 4.76. The van der Waals surface area contributed by atoms with Crippen molar-refractivity contribution in [3.8, 4) is 0 Å². The molecular weight excluding hydrogens is 310 g/mol. The van der Waals surface area contributed by atoms with E-state index in [1.807, 2.05) is 0 Å². The van der Waals surface area contributed by atoms with Crippen molar-refractivity contribution in [2.45, 2.75) is 64.2 Å². The minimum absolute atomic E-state index is 0.145. The number of hydrogen-bond donors (Lipinski definition) is 2. The van der Waals surface area contributed by atoms with E-state index in [-0.39, 0.29) is 11.8 Å². The van der Waals surface area contributed by atoms with Crippen LogP contribution in [0.4, 0.5) is 0 Å². The van der Waals surface area contributed by atoms with Gasteiger partial charge >= 0.3 is 0 Å². The summed E-state index contributed by atoms with van der Waals surface area (Å²) in [5.74, 6) is 0.659. The Kier molecular flexibility index (Phi) is 5.51. The van der Waals surface area contributed by atoms with Crippen molar-refractivity contribution in [2.75, 3.05) is 13.1 Å². The second-order valence-corrected chi connectivity index (χ2v) is 8.91. The van der Waals surface area contributed by atoms with Crippen LogP contribution in [0.15, 0.2) is 17.0 Å². The predicted octanol–water partition coefficient (Wildman–Crippen LogP) is 3.07. The Balaban J connectivity index is 2.73. The highest BCUT2D eigenvalue weighted by molar-refractivity contribution is 7.89. The highest BCUT2D eigenvalue weighted by atomic mass is 32.2. The third-order valence-corrected chi connectivity index (χ3v) is 6.11. The van der Waals surface area contributed by atoms with Crippen LogP contribution in [0, 0.1) is 0 Å². The maximum absolute atomic E-state index is 13.2. The molecule has 0 radical (unpaired) electrons. The molecule has 0 atom stereocenters. The van der Waals surface area contributed by atoms with Crippen molar-refractivity contribution in [1.82, 2.24) is 15.4 Å². The zero-order chi connectivity index (χ0) is 17.4. The molecular formula is C17H29N3O2S. The molecule has 0 spiro atoms. The first kappa shape index (κ1) is 18.4. The lowest BCUT2D eigenvalue weighted by Crippen LogP contribution is -2.41. The van der Waals surface area contributed by atoms with E-state index >= 15 is 0 Å². The molecule has 6 heteroatoms. The highest BCUT2D eigenvalue weighted by Crippen LogP contribution is 2.36. The Labute approximate surface area is 140 Å². The van der Waals surface area contributed by atoms with Crippen LogP contribution in [0.25, 0.3) is 0 Å². The number of hydrogen-bond acceptors (Lipinski definition) is 4. The van der Waals surface area contributed by atoms with Crippen LogP contribution < -0.4 is 11.0 Å². The summed E-state index contributed by atoms with van der Waals surface area (Å²) >= 11 is 0. The largest absolute Gasteiger partial charge is 0.257 e. The number of hydrazine groups is 2. The Morgan fingerprint density at radius 1 is 0.957 bits per heavy atom. The number of nitrogens with one attached hydrogen (secondary N) is 2. The van der Waals surface area contributed by atoms with E-state index in [1.54, 1.807) is 0 Å². The van der Waals surface area contributed by atoms with E-state index in [1.165, 1.54) is 9.98 Å². The molecule has 0 unspecified atom stereocenters. The van der Waals surface area contributed by atoms with E-state index in [4.69, 9.17) is 0 Å². The normalized spacial score (nSPS) is 16.9. The van der Waals surface area contributed by atoms with E-state index in [2.05, 4.69) is 64.6 Å². The molecule has 0 aliphatic carbocycles. The van der Waals surface area contributed by atoms with Gasteiger partial charge < -0.3 is 0 Å². The first-order valence-electron chi connectivity index (χ1n) is 8.35. The van der Waals surface area contributed by atoms with E-state index < -0.39 is 10.0 Å². The van der Waals surface area contributed by atoms with Crippen LogP contribution >= 0.6 is 0 Å². The van der Waals surface area contributed by atoms with Crippen molar-refractivity contribution < 1.29 is 8.42 Å². The summed E-state index contributed by atoms with van der Waals surface area (Å²) in [4.78, 5) is 0.475. The highest BCUT2D eigenvalue weighted by Gasteiger charge is 2.33. The molecule has 0 aromatic heterocycles. The quantitative estimate of drug-likeness (QED) is 0.865. The molecule has 0 bridgehead atoms. The van der Waals surface area contributed by atoms with Gasteiger partial charge in [0.15, 0.2) is 0 Å². The Hall–Kier alpha value is -0.950. The van der Waals surface area contributed by atoms with Gasteiger partial charge in [-0.2, -0.15) is 5.53 Å². The maximum Gasteiger partial charge on any atom is 0.257 e. The van der Waals surface area contributed by atoms with Crippen LogP contribution in [0.5, 0.6) is 0 Å². The van der Waals surface area contributed by atoms with Gasteiger partial charge in [0.25, 0.3) is 10.0 Å². The van der Waals surface area contributed by atoms with E-state index in [9.17, 15) is 8.42 Å². The molecule has 2 N–H and O–H groups in total. The van der Waals surface area contributed by atoms with Gasteiger partial charge in [-0.1, -0.05) is 53.7 Å². The van der Waals surface area contributed by atoms with Crippen molar-refractivity contribution in [3.63, 3.8) is 0 Å². The first-order valence-corrected chi connectivity index (χ1v) is 9.79. The molecule has 0 amide bonds. The molecule has 5 nitrogen and oxygen atoms in total. The summed E-state index contributed by atoms with van der Waals surface area (Å²) in [5, 5.41) is 0. The molecule has 1 aliphatic heterocycles. The third kappa shape index (κ3) is 3.60. The van der Waals surface area contributed by atoms with E-state index in [0.717, 1.165) is 11.1 Å². The zero-order valence-corrected chi connectivity index (χ0v) is 15.8. The zero-order valence-electron chi connectivity index (χ0n) is 15.0. The van der Waals surface area contributed by atoms with Gasteiger partial charge in [0.2, 0.25) is 0 Å². The number of benzene rings is 1. The van der Waals surface area contributed by atoms with Gasteiger partial charge in [-0.15, -0.1) is 4.41 Å². The number of rotatable bonds is 5. The van der Waals surface area contributed by atoms with Crippen molar-refractivity contribution in [2.24, 2.45) is 0 Å². The van der Waals surface area contributed by atoms with E-state index in [0.29, 0.717) is 23.9 Å². The lowest BCUT2D eigenvalue weighted by atomic mass is 9.89.